The number of benzene rings is 2. The number of amides is 1. The second kappa shape index (κ2) is 8.93. The zero-order valence-corrected chi connectivity index (χ0v) is 17.4. The summed E-state index contributed by atoms with van der Waals surface area (Å²) in [6, 6.07) is 22.9. The lowest BCUT2D eigenvalue weighted by molar-refractivity contribution is 0.0714. The smallest absolute Gasteiger partial charge is 0.289 e. The van der Waals surface area contributed by atoms with Crippen LogP contribution in [0.3, 0.4) is 0 Å². The Hall–Kier alpha value is -4.13. The van der Waals surface area contributed by atoms with E-state index in [1.54, 1.807) is 23.4 Å². The Morgan fingerprint density at radius 1 is 0.875 bits per heavy atom. The second-order valence-corrected chi connectivity index (χ2v) is 7.43. The van der Waals surface area contributed by atoms with E-state index in [9.17, 15) is 4.79 Å². The number of piperazine rings is 1. The van der Waals surface area contributed by atoms with Crippen LogP contribution in [0.25, 0.3) is 11.3 Å². The fraction of sp³-hybridized carbons (Fsp3) is 0.160. The molecule has 0 spiro atoms. The molecule has 5 rings (SSSR count). The van der Waals surface area contributed by atoms with Gasteiger partial charge in [0.15, 0.2) is 5.76 Å². The van der Waals surface area contributed by atoms with Gasteiger partial charge in [0.2, 0.25) is 0 Å². The highest BCUT2D eigenvalue weighted by Crippen LogP contribution is 2.33. The molecule has 4 aromatic rings. The normalized spacial score (nSPS) is 13.8. The molecule has 32 heavy (non-hydrogen) atoms. The number of rotatable bonds is 5. The highest BCUT2D eigenvalue weighted by Gasteiger charge is 2.24. The second-order valence-electron chi connectivity index (χ2n) is 7.43. The maximum atomic E-state index is 12.5. The van der Waals surface area contributed by atoms with Gasteiger partial charge in [-0.2, -0.15) is 0 Å². The predicted molar refractivity (Wildman–Crippen MR) is 121 cm³/mol. The lowest BCUT2D eigenvalue weighted by Gasteiger charge is -2.35. The van der Waals surface area contributed by atoms with Gasteiger partial charge in [-0.25, -0.2) is 9.97 Å². The van der Waals surface area contributed by atoms with Crippen LogP contribution < -0.4 is 9.64 Å². The summed E-state index contributed by atoms with van der Waals surface area (Å²) < 4.78 is 11.3. The predicted octanol–water partition coefficient (Wildman–Crippen LogP) is 4.49. The molecule has 0 unspecified atom stereocenters. The number of ether oxygens (including phenoxy) is 1. The van der Waals surface area contributed by atoms with Crippen LogP contribution in [0, 0.1) is 0 Å². The Bertz CT molecular complexity index is 1190. The van der Waals surface area contributed by atoms with Crippen molar-refractivity contribution in [2.75, 3.05) is 31.1 Å². The van der Waals surface area contributed by atoms with Gasteiger partial charge in [0.1, 0.15) is 23.6 Å². The largest absolute Gasteiger partial charge is 0.459 e. The molecule has 0 saturated carbocycles. The first-order valence-corrected chi connectivity index (χ1v) is 10.5. The Balaban J connectivity index is 1.32. The van der Waals surface area contributed by atoms with Gasteiger partial charge in [0.05, 0.1) is 12.0 Å². The Morgan fingerprint density at radius 3 is 2.44 bits per heavy atom. The number of hydrogen-bond acceptors (Lipinski definition) is 6. The standard InChI is InChI=1S/C25H22N4O3/c30-25(23-11-6-16-31-23)29-14-12-28(13-15-29)24-17-21(26-18-27-24)20-9-4-5-10-22(20)32-19-7-2-1-3-8-19/h1-11,16-18H,12-15H2. The summed E-state index contributed by atoms with van der Waals surface area (Å²) in [5, 5.41) is 0. The van der Waals surface area contributed by atoms with E-state index in [2.05, 4.69) is 14.9 Å². The van der Waals surface area contributed by atoms with Crippen LogP contribution in [0.15, 0.2) is 89.8 Å². The molecular weight excluding hydrogens is 404 g/mol. The first-order chi connectivity index (χ1) is 15.8. The van der Waals surface area contributed by atoms with Gasteiger partial charge >= 0.3 is 0 Å². The zero-order chi connectivity index (χ0) is 21.8. The highest BCUT2D eigenvalue weighted by molar-refractivity contribution is 5.91. The number of anilines is 1. The Kier molecular flexibility index (Phi) is 5.53. The van der Waals surface area contributed by atoms with Gasteiger partial charge < -0.3 is 19.0 Å². The third-order valence-electron chi connectivity index (χ3n) is 5.41. The maximum absolute atomic E-state index is 12.5. The number of carbonyl (C=O) groups excluding carboxylic acids is 1. The van der Waals surface area contributed by atoms with Gasteiger partial charge in [-0.15, -0.1) is 0 Å². The molecule has 0 bridgehead atoms. The van der Waals surface area contributed by atoms with Crippen molar-refractivity contribution in [3.8, 4) is 22.8 Å². The van der Waals surface area contributed by atoms with Crippen LogP contribution in [0.1, 0.15) is 10.6 Å². The number of aromatic nitrogens is 2. The van der Waals surface area contributed by atoms with E-state index >= 15 is 0 Å². The molecule has 1 aliphatic rings. The van der Waals surface area contributed by atoms with Crippen LogP contribution in [-0.2, 0) is 0 Å². The molecule has 0 atom stereocenters. The molecule has 2 aromatic heterocycles. The number of nitrogens with zero attached hydrogens (tertiary/aromatic N) is 4. The number of furan rings is 1. The average molecular weight is 426 g/mol. The topological polar surface area (TPSA) is 71.7 Å². The van der Waals surface area contributed by atoms with Crippen LogP contribution in [0.5, 0.6) is 11.5 Å². The maximum Gasteiger partial charge on any atom is 0.289 e. The van der Waals surface area contributed by atoms with Crippen LogP contribution >= 0.6 is 0 Å². The van der Waals surface area contributed by atoms with E-state index < -0.39 is 0 Å². The van der Waals surface area contributed by atoms with Crippen molar-refractivity contribution in [3.05, 3.63) is 91.1 Å². The number of carbonyl (C=O) groups is 1. The van der Waals surface area contributed by atoms with Gasteiger partial charge in [-0.1, -0.05) is 30.3 Å². The third-order valence-corrected chi connectivity index (χ3v) is 5.41. The van der Waals surface area contributed by atoms with Crippen molar-refractivity contribution < 1.29 is 13.9 Å². The molecule has 7 heteroatoms. The summed E-state index contributed by atoms with van der Waals surface area (Å²) in [4.78, 5) is 25.4. The van der Waals surface area contributed by atoms with E-state index in [1.165, 1.54) is 6.26 Å². The van der Waals surface area contributed by atoms with E-state index in [4.69, 9.17) is 9.15 Å². The molecule has 3 heterocycles. The first kappa shape index (κ1) is 19.8. The van der Waals surface area contributed by atoms with Crippen molar-refractivity contribution >= 4 is 11.7 Å². The summed E-state index contributed by atoms with van der Waals surface area (Å²) in [5.74, 6) is 2.63. The molecular formula is C25H22N4O3. The minimum Gasteiger partial charge on any atom is -0.459 e. The fourth-order valence-electron chi connectivity index (χ4n) is 3.74. The van der Waals surface area contributed by atoms with Crippen molar-refractivity contribution in [2.45, 2.75) is 0 Å². The first-order valence-electron chi connectivity index (χ1n) is 10.5. The lowest BCUT2D eigenvalue weighted by atomic mass is 10.1. The van der Waals surface area contributed by atoms with Gasteiger partial charge in [-0.05, 0) is 36.4 Å². The SMILES string of the molecule is O=C(c1ccco1)N1CCN(c2cc(-c3ccccc3Oc3ccccc3)ncn2)CC1. The Morgan fingerprint density at radius 2 is 1.66 bits per heavy atom. The molecule has 1 amide bonds. The quantitative estimate of drug-likeness (QED) is 0.468. The van der Waals surface area contributed by atoms with E-state index in [-0.39, 0.29) is 5.91 Å². The van der Waals surface area contributed by atoms with E-state index in [1.807, 2.05) is 60.7 Å². The summed E-state index contributed by atoms with van der Waals surface area (Å²) in [6.07, 6.45) is 3.09. The monoisotopic (exact) mass is 426 g/mol. The fourth-order valence-corrected chi connectivity index (χ4v) is 3.74. The molecule has 1 fully saturated rings. The van der Waals surface area contributed by atoms with Crippen molar-refractivity contribution in [2.24, 2.45) is 0 Å². The molecule has 7 nitrogen and oxygen atoms in total. The molecule has 0 aliphatic carbocycles. The summed E-state index contributed by atoms with van der Waals surface area (Å²) in [6.45, 7) is 2.58. The minimum absolute atomic E-state index is 0.0787. The van der Waals surface area contributed by atoms with E-state index in [0.717, 1.165) is 28.6 Å². The molecule has 0 N–H and O–H groups in total. The zero-order valence-electron chi connectivity index (χ0n) is 17.4. The number of para-hydroxylation sites is 2. The number of hydrogen-bond donors (Lipinski definition) is 0. The molecule has 0 radical (unpaired) electrons. The minimum atomic E-state index is -0.0787. The summed E-state index contributed by atoms with van der Waals surface area (Å²) in [5.41, 5.74) is 1.68. The van der Waals surface area contributed by atoms with Crippen molar-refractivity contribution in [3.63, 3.8) is 0 Å². The van der Waals surface area contributed by atoms with Crippen LogP contribution in [-0.4, -0.2) is 47.0 Å². The highest BCUT2D eigenvalue weighted by atomic mass is 16.5. The van der Waals surface area contributed by atoms with Crippen LogP contribution in [0.2, 0.25) is 0 Å². The third kappa shape index (κ3) is 4.18. The molecule has 160 valence electrons. The van der Waals surface area contributed by atoms with Gasteiger partial charge in [0.25, 0.3) is 5.91 Å². The molecule has 1 saturated heterocycles. The van der Waals surface area contributed by atoms with E-state index in [0.29, 0.717) is 31.9 Å². The van der Waals surface area contributed by atoms with Crippen molar-refractivity contribution in [1.82, 2.24) is 14.9 Å². The Labute approximate surface area is 185 Å². The average Bonchev–Trinajstić information content (AvgIpc) is 3.40. The van der Waals surface area contributed by atoms with Gasteiger partial charge in [-0.3, -0.25) is 4.79 Å². The van der Waals surface area contributed by atoms with Gasteiger partial charge in [0, 0.05) is 37.8 Å². The summed E-state index contributed by atoms with van der Waals surface area (Å²) >= 11 is 0. The van der Waals surface area contributed by atoms with Crippen molar-refractivity contribution in [1.29, 1.82) is 0 Å². The van der Waals surface area contributed by atoms with Crippen LogP contribution in [0.4, 0.5) is 5.82 Å². The molecule has 2 aromatic carbocycles. The lowest BCUT2D eigenvalue weighted by Crippen LogP contribution is -2.49. The summed E-state index contributed by atoms with van der Waals surface area (Å²) in [7, 11) is 0. The molecule has 1 aliphatic heterocycles.